The highest BCUT2D eigenvalue weighted by Crippen LogP contribution is 2.19. The van der Waals surface area contributed by atoms with Crippen LogP contribution in [-0.4, -0.2) is 12.0 Å². The molecule has 0 aliphatic rings. The Balaban J connectivity index is 0.000000419. The molecule has 98 valence electrons. The molecular formula is C12H17F3OS. The maximum absolute atomic E-state index is 11.6. The van der Waals surface area contributed by atoms with Gasteiger partial charge in [0, 0.05) is 6.42 Å². The molecular weight excluding hydrogens is 249 g/mol. The fourth-order valence-electron chi connectivity index (χ4n) is 1.08. The Kier molecular flexibility index (Phi) is 8.76. The zero-order valence-corrected chi connectivity index (χ0v) is 10.6. The van der Waals surface area contributed by atoms with Gasteiger partial charge in [-0.25, -0.2) is 0 Å². The van der Waals surface area contributed by atoms with E-state index in [0.29, 0.717) is 12.8 Å². The molecule has 5 heteroatoms. The summed E-state index contributed by atoms with van der Waals surface area (Å²) in [4.78, 5) is 10.3. The molecule has 0 atom stereocenters. The van der Waals surface area contributed by atoms with Crippen LogP contribution in [0.25, 0.3) is 0 Å². The van der Waals surface area contributed by atoms with Gasteiger partial charge in [0.05, 0.1) is 0 Å². The van der Waals surface area contributed by atoms with Gasteiger partial charge in [0.1, 0.15) is 0 Å². The molecule has 0 spiro atoms. The lowest BCUT2D eigenvalue weighted by Crippen LogP contribution is -2.22. The number of ketones is 1. The van der Waals surface area contributed by atoms with Crippen molar-refractivity contribution in [2.24, 2.45) is 0 Å². The number of rotatable bonds is 5. The predicted molar refractivity (Wildman–Crippen MR) is 64.1 cm³/mol. The topological polar surface area (TPSA) is 17.1 Å². The van der Waals surface area contributed by atoms with Crippen molar-refractivity contribution < 1.29 is 18.0 Å². The number of carbonyl (C=O) groups excluding carboxylic acids is 1. The molecule has 0 bridgehead atoms. The van der Waals surface area contributed by atoms with E-state index in [9.17, 15) is 18.0 Å². The van der Waals surface area contributed by atoms with Crippen LogP contribution in [0.4, 0.5) is 13.2 Å². The van der Waals surface area contributed by atoms with Crippen LogP contribution >= 0.6 is 11.3 Å². The van der Waals surface area contributed by atoms with Crippen molar-refractivity contribution in [2.45, 2.75) is 45.2 Å². The minimum atomic E-state index is -4.63. The van der Waals surface area contributed by atoms with Crippen molar-refractivity contribution in [1.29, 1.82) is 0 Å². The molecule has 0 unspecified atom stereocenters. The molecule has 0 aromatic carbocycles. The normalized spacial score (nSPS) is 10.6. The molecule has 1 nitrogen and oxygen atoms in total. The lowest BCUT2D eigenvalue weighted by atomic mass is 10.1. The van der Waals surface area contributed by atoms with E-state index in [4.69, 9.17) is 0 Å². The summed E-state index contributed by atoms with van der Waals surface area (Å²) in [6.45, 7) is 1.96. The van der Waals surface area contributed by atoms with Gasteiger partial charge in [-0.05, 0) is 17.2 Å². The Morgan fingerprint density at radius 3 is 2.06 bits per heavy atom. The van der Waals surface area contributed by atoms with E-state index >= 15 is 0 Å². The Morgan fingerprint density at radius 1 is 1.12 bits per heavy atom. The summed E-state index contributed by atoms with van der Waals surface area (Å²) in [7, 11) is 0. The van der Waals surface area contributed by atoms with E-state index in [1.165, 1.54) is 0 Å². The maximum atomic E-state index is 11.6. The van der Waals surface area contributed by atoms with Gasteiger partial charge in [-0.15, -0.1) is 0 Å². The molecule has 0 radical (unpaired) electrons. The fraction of sp³-hybridized carbons (Fsp3) is 0.583. The third-order valence-corrected chi connectivity index (χ3v) is 2.63. The van der Waals surface area contributed by atoms with Crippen LogP contribution in [0.2, 0.25) is 0 Å². The Bertz CT molecular complexity index is 263. The number of thiophene rings is 1. The van der Waals surface area contributed by atoms with Crippen LogP contribution in [0, 0.1) is 0 Å². The van der Waals surface area contributed by atoms with E-state index in [0.717, 1.165) is 12.8 Å². The molecule has 0 N–H and O–H groups in total. The summed E-state index contributed by atoms with van der Waals surface area (Å²) >= 11 is 1.71. The molecule has 17 heavy (non-hydrogen) atoms. The van der Waals surface area contributed by atoms with Gasteiger partial charge in [0.2, 0.25) is 5.78 Å². The molecule has 1 heterocycles. The Hall–Kier alpha value is -0.840. The van der Waals surface area contributed by atoms with Gasteiger partial charge in [-0.1, -0.05) is 38.3 Å². The third-order valence-electron chi connectivity index (χ3n) is 2.00. The van der Waals surface area contributed by atoms with Crippen molar-refractivity contribution in [3.05, 3.63) is 22.9 Å². The largest absolute Gasteiger partial charge is 0.449 e. The van der Waals surface area contributed by atoms with Crippen molar-refractivity contribution in [3.8, 4) is 0 Å². The average molecular weight is 266 g/mol. The molecule has 0 amide bonds. The number of unbranched alkanes of at least 4 members (excludes halogenated alkanes) is 3. The predicted octanol–water partition coefficient (Wildman–Crippen LogP) is 4.84. The second-order valence-electron chi connectivity index (χ2n) is 3.52. The number of alkyl halides is 3. The summed E-state index contributed by atoms with van der Waals surface area (Å²) < 4.78 is 34.8. The standard InChI is InChI=1S/C8H13F3O.C4H4S/c1-2-3-4-5-6-7(12)8(9,10)11;1-2-4-5-3-1/h2-6H2,1H3;1-4H. The van der Waals surface area contributed by atoms with Crippen LogP contribution in [0.15, 0.2) is 22.9 Å². The van der Waals surface area contributed by atoms with E-state index in [1.54, 1.807) is 11.3 Å². The second kappa shape index (κ2) is 9.22. The Labute approximate surface area is 104 Å². The van der Waals surface area contributed by atoms with Crippen molar-refractivity contribution in [3.63, 3.8) is 0 Å². The zero-order valence-electron chi connectivity index (χ0n) is 9.80. The lowest BCUT2D eigenvalue weighted by Gasteiger charge is -2.03. The quantitative estimate of drug-likeness (QED) is 0.697. The van der Waals surface area contributed by atoms with Crippen LogP contribution in [0.3, 0.4) is 0 Å². The minimum absolute atomic E-state index is 0.353. The summed E-state index contributed by atoms with van der Waals surface area (Å²) in [5.74, 6) is -1.60. The van der Waals surface area contributed by atoms with Crippen LogP contribution < -0.4 is 0 Å². The first-order valence-electron chi connectivity index (χ1n) is 5.55. The number of carbonyl (C=O) groups is 1. The smallest absolute Gasteiger partial charge is 0.290 e. The minimum Gasteiger partial charge on any atom is -0.290 e. The summed E-state index contributed by atoms with van der Waals surface area (Å²) in [5.41, 5.74) is 0. The van der Waals surface area contributed by atoms with Crippen molar-refractivity contribution in [1.82, 2.24) is 0 Å². The van der Waals surface area contributed by atoms with Crippen LogP contribution in [0.5, 0.6) is 0 Å². The van der Waals surface area contributed by atoms with Gasteiger partial charge in [-0.3, -0.25) is 4.79 Å². The van der Waals surface area contributed by atoms with Gasteiger partial charge in [-0.2, -0.15) is 24.5 Å². The summed E-state index contributed by atoms with van der Waals surface area (Å²) in [6, 6.07) is 4.04. The molecule has 0 aliphatic heterocycles. The van der Waals surface area contributed by atoms with E-state index in [2.05, 4.69) is 0 Å². The number of hydrogen-bond acceptors (Lipinski definition) is 2. The van der Waals surface area contributed by atoms with Gasteiger partial charge in [0.25, 0.3) is 0 Å². The molecule has 0 saturated carbocycles. The average Bonchev–Trinajstić information content (AvgIpc) is 2.81. The first-order valence-corrected chi connectivity index (χ1v) is 6.50. The third kappa shape index (κ3) is 10.1. The molecule has 0 saturated heterocycles. The highest BCUT2D eigenvalue weighted by Gasteiger charge is 2.36. The van der Waals surface area contributed by atoms with Crippen LogP contribution in [0.1, 0.15) is 39.0 Å². The van der Waals surface area contributed by atoms with Gasteiger partial charge < -0.3 is 0 Å². The van der Waals surface area contributed by atoms with Crippen molar-refractivity contribution in [2.75, 3.05) is 0 Å². The Morgan fingerprint density at radius 2 is 1.71 bits per heavy atom. The molecule has 1 aromatic heterocycles. The first kappa shape index (κ1) is 16.2. The van der Waals surface area contributed by atoms with Gasteiger partial charge in [0.15, 0.2) is 0 Å². The highest BCUT2D eigenvalue weighted by atomic mass is 32.1. The maximum Gasteiger partial charge on any atom is 0.449 e. The fourth-order valence-corrected chi connectivity index (χ4v) is 1.53. The number of hydrogen-bond donors (Lipinski definition) is 0. The SMILES string of the molecule is CCCCCCC(=O)C(F)(F)F.c1ccsc1. The molecule has 1 rings (SSSR count). The highest BCUT2D eigenvalue weighted by molar-refractivity contribution is 7.07. The van der Waals surface area contributed by atoms with E-state index in [1.807, 2.05) is 29.8 Å². The second-order valence-corrected chi connectivity index (χ2v) is 4.34. The molecule has 0 fully saturated rings. The monoisotopic (exact) mass is 266 g/mol. The van der Waals surface area contributed by atoms with E-state index < -0.39 is 12.0 Å². The van der Waals surface area contributed by atoms with Gasteiger partial charge >= 0.3 is 6.18 Å². The lowest BCUT2D eigenvalue weighted by molar-refractivity contribution is -0.171. The molecule has 1 aromatic rings. The number of halogens is 3. The van der Waals surface area contributed by atoms with E-state index in [-0.39, 0.29) is 6.42 Å². The van der Waals surface area contributed by atoms with Crippen molar-refractivity contribution >= 4 is 17.1 Å². The number of Topliss-reactive ketones (excluding diaryl/α,β-unsaturated/α-hetero) is 1. The molecule has 0 aliphatic carbocycles. The summed E-state index contributed by atoms with van der Waals surface area (Å²) in [6.07, 6.45) is -2.08. The first-order chi connectivity index (χ1) is 7.98. The summed E-state index contributed by atoms with van der Waals surface area (Å²) in [5, 5.41) is 4.08. The van der Waals surface area contributed by atoms with Crippen LogP contribution in [-0.2, 0) is 4.79 Å². The zero-order chi connectivity index (χ0) is 13.1.